The molecule has 0 saturated heterocycles. The third-order valence-corrected chi connectivity index (χ3v) is 7.00. The quantitative estimate of drug-likeness (QED) is 0.0841. The van der Waals surface area contributed by atoms with E-state index in [0.717, 1.165) is 11.1 Å². The summed E-state index contributed by atoms with van der Waals surface area (Å²) < 4.78 is 24.0. The smallest absolute Gasteiger partial charge is 0.242 e. The summed E-state index contributed by atoms with van der Waals surface area (Å²) in [5.74, 6) is -0.158. The van der Waals surface area contributed by atoms with E-state index in [-0.39, 0.29) is 44.3 Å². The van der Waals surface area contributed by atoms with Crippen LogP contribution >= 0.6 is 0 Å². The highest BCUT2D eigenvalue weighted by molar-refractivity contribution is 5.84. The predicted molar refractivity (Wildman–Crippen MR) is 183 cm³/mol. The number of nitrogens with one attached hydrogen (secondary N) is 2. The number of hydrogen-bond acceptors (Lipinski definition) is 12. The van der Waals surface area contributed by atoms with Gasteiger partial charge in [0.1, 0.15) is 12.2 Å². The van der Waals surface area contributed by atoms with Gasteiger partial charge in [-0.05, 0) is 53.6 Å². The summed E-state index contributed by atoms with van der Waals surface area (Å²) in [6.07, 6.45) is 8.80. The Morgan fingerprint density at radius 3 is 2.14 bits per heavy atom. The molecular weight excluding hydrogens is 650 g/mol. The fourth-order valence-electron chi connectivity index (χ4n) is 4.45. The fraction of sp³-hybridized carbons (Fsp3) is 0.324. The summed E-state index contributed by atoms with van der Waals surface area (Å²) in [6, 6.07) is 11.6. The average molecular weight is 692 g/mol. The molecule has 0 atom stereocenters. The molecule has 4 rings (SSSR count). The molecule has 0 aliphatic carbocycles. The standard InChI is InChI=1S/C34H41N7O9/c1-47-31-17-24(5-9-29(31)43)3-7-26-19-28(8-4-25-6-10-30(44)32(18-25)48-2)41(38-26)23-34(46)36-21-33(45)35-20-27-22-40(39-37-27)11-13-49-15-16-50-14-12-42/h3-10,17-19,22,42-44H,11-16,20-21,23H2,1-2H3,(H,35,45)(H,36,46)/b7-3+,8-4+. The van der Waals surface area contributed by atoms with E-state index in [0.29, 0.717) is 54.9 Å². The Labute approximate surface area is 288 Å². The molecule has 0 radical (unpaired) electrons. The van der Waals surface area contributed by atoms with E-state index in [9.17, 15) is 19.8 Å². The van der Waals surface area contributed by atoms with Gasteiger partial charge in [-0.2, -0.15) is 5.10 Å². The first-order valence-electron chi connectivity index (χ1n) is 15.6. The van der Waals surface area contributed by atoms with Crippen molar-refractivity contribution in [1.29, 1.82) is 0 Å². The van der Waals surface area contributed by atoms with E-state index in [2.05, 4.69) is 26.0 Å². The molecule has 0 unspecified atom stereocenters. The first kappa shape index (κ1) is 37.1. The number of phenols is 2. The lowest BCUT2D eigenvalue weighted by molar-refractivity contribution is -0.126. The molecule has 4 aromatic rings. The van der Waals surface area contributed by atoms with E-state index >= 15 is 0 Å². The first-order valence-corrected chi connectivity index (χ1v) is 15.6. The second kappa shape index (κ2) is 19.3. The lowest BCUT2D eigenvalue weighted by atomic mass is 10.1. The number of phenolic OH excluding ortho intramolecular Hbond substituents is 2. The van der Waals surface area contributed by atoms with Crippen LogP contribution in [0.15, 0.2) is 48.7 Å². The van der Waals surface area contributed by atoms with Gasteiger partial charge in [-0.25, -0.2) is 4.68 Å². The molecule has 0 saturated carbocycles. The maximum Gasteiger partial charge on any atom is 0.242 e. The van der Waals surface area contributed by atoms with Crippen LogP contribution in [0, 0.1) is 0 Å². The Bertz CT molecular complexity index is 1770. The number of aliphatic hydroxyl groups excluding tert-OH is 1. The van der Waals surface area contributed by atoms with Crippen molar-refractivity contribution >= 4 is 36.1 Å². The number of hydrogen-bond donors (Lipinski definition) is 5. The molecule has 5 N–H and O–H groups in total. The number of aromatic hydroxyl groups is 2. The maximum absolute atomic E-state index is 12.9. The highest BCUT2D eigenvalue weighted by Gasteiger charge is 2.12. The van der Waals surface area contributed by atoms with Crippen LogP contribution in [0.1, 0.15) is 28.2 Å². The number of nitrogens with zero attached hydrogens (tertiary/aromatic N) is 5. The van der Waals surface area contributed by atoms with Gasteiger partial charge in [0, 0.05) is 0 Å². The van der Waals surface area contributed by atoms with Crippen LogP contribution in [-0.4, -0.2) is 106 Å². The summed E-state index contributed by atoms with van der Waals surface area (Å²) in [6.45, 7) is 1.59. The molecule has 2 heterocycles. The Morgan fingerprint density at radius 1 is 0.820 bits per heavy atom. The number of methoxy groups -OCH3 is 2. The van der Waals surface area contributed by atoms with Gasteiger partial charge in [-0.15, -0.1) is 5.10 Å². The molecule has 2 aromatic heterocycles. The summed E-state index contributed by atoms with van der Waals surface area (Å²) in [5.41, 5.74) is 3.21. The predicted octanol–water partition coefficient (Wildman–Crippen LogP) is 1.70. The molecule has 50 heavy (non-hydrogen) atoms. The number of aromatic nitrogens is 5. The van der Waals surface area contributed by atoms with Gasteiger partial charge in [0.2, 0.25) is 11.8 Å². The number of amides is 2. The van der Waals surface area contributed by atoms with E-state index in [1.54, 1.807) is 65.5 Å². The Balaban J connectivity index is 1.33. The van der Waals surface area contributed by atoms with Crippen molar-refractivity contribution in [3.63, 3.8) is 0 Å². The number of aliphatic hydroxyl groups is 1. The molecule has 0 spiro atoms. The molecule has 266 valence electrons. The monoisotopic (exact) mass is 691 g/mol. The van der Waals surface area contributed by atoms with E-state index in [4.69, 9.17) is 24.1 Å². The van der Waals surface area contributed by atoms with E-state index in [1.165, 1.54) is 31.0 Å². The van der Waals surface area contributed by atoms with Crippen molar-refractivity contribution in [3.8, 4) is 23.0 Å². The topological polar surface area (TPSA) is 204 Å². The van der Waals surface area contributed by atoms with Gasteiger partial charge in [-0.1, -0.05) is 29.5 Å². The van der Waals surface area contributed by atoms with E-state index < -0.39 is 11.8 Å². The third kappa shape index (κ3) is 11.8. The highest BCUT2D eigenvalue weighted by atomic mass is 16.5. The Morgan fingerprint density at radius 2 is 1.48 bits per heavy atom. The number of ether oxygens (including phenoxy) is 4. The zero-order chi connectivity index (χ0) is 35.7. The van der Waals surface area contributed by atoms with Gasteiger partial charge in [0.25, 0.3) is 0 Å². The molecule has 0 bridgehead atoms. The van der Waals surface area contributed by atoms with Crippen molar-refractivity contribution in [1.82, 2.24) is 35.4 Å². The summed E-state index contributed by atoms with van der Waals surface area (Å²) in [7, 11) is 2.93. The van der Waals surface area contributed by atoms with Crippen LogP contribution in [0.2, 0.25) is 0 Å². The minimum Gasteiger partial charge on any atom is -0.504 e. The fourth-order valence-corrected chi connectivity index (χ4v) is 4.45. The normalized spacial score (nSPS) is 11.3. The number of benzene rings is 2. The number of carbonyl (C=O) groups is 2. The molecule has 16 heteroatoms. The average Bonchev–Trinajstić information content (AvgIpc) is 3.74. The van der Waals surface area contributed by atoms with Gasteiger partial charge >= 0.3 is 0 Å². The minimum absolute atomic E-state index is 0.0132. The lowest BCUT2D eigenvalue weighted by Crippen LogP contribution is -2.38. The van der Waals surface area contributed by atoms with Crippen LogP contribution in [0.3, 0.4) is 0 Å². The number of rotatable bonds is 20. The number of carbonyl (C=O) groups excluding carboxylic acids is 2. The second-order valence-corrected chi connectivity index (χ2v) is 10.7. The van der Waals surface area contributed by atoms with Crippen molar-refractivity contribution in [2.45, 2.75) is 19.6 Å². The van der Waals surface area contributed by atoms with Crippen molar-refractivity contribution in [2.24, 2.45) is 0 Å². The lowest BCUT2D eigenvalue weighted by Gasteiger charge is -2.08. The van der Waals surface area contributed by atoms with Crippen molar-refractivity contribution in [2.75, 3.05) is 53.8 Å². The van der Waals surface area contributed by atoms with Gasteiger partial charge in [-0.3, -0.25) is 14.3 Å². The highest BCUT2D eigenvalue weighted by Crippen LogP contribution is 2.28. The summed E-state index contributed by atoms with van der Waals surface area (Å²) in [4.78, 5) is 25.4. The minimum atomic E-state index is -0.435. The molecule has 2 aromatic carbocycles. The molecule has 0 fully saturated rings. The van der Waals surface area contributed by atoms with Crippen molar-refractivity contribution < 1.29 is 43.9 Å². The Kier molecular flexibility index (Phi) is 14.3. The van der Waals surface area contributed by atoms with E-state index in [1.807, 2.05) is 0 Å². The van der Waals surface area contributed by atoms with Crippen molar-refractivity contribution in [3.05, 3.63) is 76.9 Å². The summed E-state index contributed by atoms with van der Waals surface area (Å²) in [5, 5.41) is 46.4. The molecule has 0 aliphatic rings. The molecule has 16 nitrogen and oxygen atoms in total. The SMILES string of the molecule is COc1cc(/C=C/c2cc(/C=C/c3ccc(O)c(OC)c3)n(CC(=O)NCC(=O)NCc3cn(CCOCCOCCO)nn3)n2)ccc1O. The van der Waals surface area contributed by atoms with Gasteiger partial charge < -0.3 is 44.9 Å². The largest absolute Gasteiger partial charge is 0.504 e. The molecular formula is C34H41N7O9. The zero-order valence-electron chi connectivity index (χ0n) is 27.8. The summed E-state index contributed by atoms with van der Waals surface area (Å²) >= 11 is 0. The Hall–Kier alpha value is -5.71. The molecule has 0 aliphatic heterocycles. The second-order valence-electron chi connectivity index (χ2n) is 10.7. The zero-order valence-corrected chi connectivity index (χ0v) is 27.8. The maximum atomic E-state index is 12.9. The molecule has 2 amide bonds. The van der Waals surface area contributed by atoms with Crippen LogP contribution in [0.5, 0.6) is 23.0 Å². The van der Waals surface area contributed by atoms with Gasteiger partial charge in [0.15, 0.2) is 23.0 Å². The first-order chi connectivity index (χ1) is 24.3. The van der Waals surface area contributed by atoms with Crippen LogP contribution < -0.4 is 20.1 Å². The van der Waals surface area contributed by atoms with Crippen LogP contribution in [-0.2, 0) is 38.7 Å². The van der Waals surface area contributed by atoms with Crippen LogP contribution in [0.4, 0.5) is 0 Å². The van der Waals surface area contributed by atoms with Crippen LogP contribution in [0.25, 0.3) is 24.3 Å². The van der Waals surface area contributed by atoms with Gasteiger partial charge in [0.05, 0.1) is 84.5 Å². The third-order valence-electron chi connectivity index (χ3n) is 7.00.